The van der Waals surface area contributed by atoms with Crippen LogP contribution in [0.2, 0.25) is 0 Å². The van der Waals surface area contributed by atoms with E-state index in [0.29, 0.717) is 24.0 Å². The van der Waals surface area contributed by atoms with Gasteiger partial charge in [-0.3, -0.25) is 4.79 Å². The van der Waals surface area contributed by atoms with Crippen LogP contribution < -0.4 is 20.1 Å². The molecular weight excluding hydrogens is 416 g/mol. The highest BCUT2D eigenvalue weighted by atomic mass is 79.9. The number of hydrogen-bond donors (Lipinski definition) is 2. The average Bonchev–Trinajstić information content (AvgIpc) is 3.08. The number of esters is 1. The normalized spacial score (nSPS) is 23.7. The molecule has 0 aliphatic carbocycles. The second-order valence-corrected chi connectivity index (χ2v) is 7.80. The molecule has 7 nitrogen and oxygen atoms in total. The maximum atomic E-state index is 12.9. The number of fused-ring (bicyclic) bond motifs is 1. The molecular formula is C19H25BrN2O5. The van der Waals surface area contributed by atoms with Crippen LogP contribution in [0.15, 0.2) is 16.6 Å². The minimum Gasteiger partial charge on any atom is -0.465 e. The Labute approximate surface area is 167 Å². The third kappa shape index (κ3) is 4.15. The molecule has 0 bridgehead atoms. The van der Waals surface area contributed by atoms with E-state index in [-0.39, 0.29) is 24.8 Å². The topological polar surface area (TPSA) is 85.9 Å². The Bertz CT molecular complexity index is 722. The first-order valence-corrected chi connectivity index (χ1v) is 10.1. The molecule has 1 aromatic rings. The lowest BCUT2D eigenvalue weighted by Crippen LogP contribution is -2.57. The summed E-state index contributed by atoms with van der Waals surface area (Å²) in [6, 6.07) is 2.38. The van der Waals surface area contributed by atoms with E-state index in [4.69, 9.17) is 14.2 Å². The van der Waals surface area contributed by atoms with E-state index in [9.17, 15) is 9.59 Å². The minimum atomic E-state index is -0.561. The van der Waals surface area contributed by atoms with Crippen LogP contribution >= 0.6 is 15.9 Å². The predicted octanol–water partition coefficient (Wildman–Crippen LogP) is 3.52. The monoisotopic (exact) mass is 440 g/mol. The average molecular weight is 441 g/mol. The highest BCUT2D eigenvalue weighted by Crippen LogP contribution is 2.42. The summed E-state index contributed by atoms with van der Waals surface area (Å²) in [7, 11) is 0. The summed E-state index contributed by atoms with van der Waals surface area (Å²) in [5, 5.41) is 5.64. The number of amides is 2. The van der Waals surface area contributed by atoms with Crippen LogP contribution in [-0.2, 0) is 9.53 Å². The molecule has 148 valence electrons. The van der Waals surface area contributed by atoms with Crippen molar-refractivity contribution in [3.8, 4) is 11.5 Å². The fraction of sp³-hybridized carbons (Fsp3) is 0.579. The number of benzene rings is 1. The van der Waals surface area contributed by atoms with E-state index in [1.165, 1.54) is 0 Å². The van der Waals surface area contributed by atoms with Gasteiger partial charge in [-0.25, -0.2) is 4.79 Å². The first kappa shape index (κ1) is 19.8. The highest BCUT2D eigenvalue weighted by molar-refractivity contribution is 9.10. The zero-order valence-electron chi connectivity index (χ0n) is 15.7. The van der Waals surface area contributed by atoms with Gasteiger partial charge in [-0.2, -0.15) is 0 Å². The second kappa shape index (κ2) is 8.37. The first-order valence-electron chi connectivity index (χ1n) is 9.27. The van der Waals surface area contributed by atoms with E-state index < -0.39 is 12.0 Å². The smallest absolute Gasteiger partial charge is 0.315 e. The van der Waals surface area contributed by atoms with Crippen LogP contribution in [0, 0.1) is 11.8 Å². The summed E-state index contributed by atoms with van der Waals surface area (Å²) in [4.78, 5) is 25.0. The van der Waals surface area contributed by atoms with Gasteiger partial charge >= 0.3 is 12.0 Å². The highest BCUT2D eigenvalue weighted by Gasteiger charge is 2.42. The Morgan fingerprint density at radius 1 is 1.26 bits per heavy atom. The number of rotatable bonds is 6. The van der Waals surface area contributed by atoms with Gasteiger partial charge in [0.1, 0.15) is 5.92 Å². The number of urea groups is 1. The van der Waals surface area contributed by atoms with Crippen molar-refractivity contribution in [1.29, 1.82) is 0 Å². The first-order chi connectivity index (χ1) is 12.9. The molecule has 0 saturated carbocycles. The van der Waals surface area contributed by atoms with Crippen LogP contribution in [0.5, 0.6) is 11.5 Å². The van der Waals surface area contributed by atoms with E-state index in [0.717, 1.165) is 22.9 Å². The van der Waals surface area contributed by atoms with Crippen molar-refractivity contribution in [1.82, 2.24) is 10.6 Å². The molecule has 27 heavy (non-hydrogen) atoms. The Morgan fingerprint density at radius 3 is 2.59 bits per heavy atom. The van der Waals surface area contributed by atoms with Crippen molar-refractivity contribution in [2.24, 2.45) is 11.8 Å². The molecule has 0 spiro atoms. The van der Waals surface area contributed by atoms with Gasteiger partial charge in [0.25, 0.3) is 0 Å². The van der Waals surface area contributed by atoms with Gasteiger partial charge in [-0.05, 0) is 30.5 Å². The molecule has 8 heteroatoms. The fourth-order valence-corrected chi connectivity index (χ4v) is 4.03. The predicted molar refractivity (Wildman–Crippen MR) is 103 cm³/mol. The molecule has 3 rings (SSSR count). The van der Waals surface area contributed by atoms with Crippen molar-refractivity contribution in [2.45, 2.75) is 45.7 Å². The summed E-state index contributed by atoms with van der Waals surface area (Å²) in [5.74, 6) is 0.681. The van der Waals surface area contributed by atoms with Gasteiger partial charge in [0, 0.05) is 10.5 Å². The summed E-state index contributed by atoms with van der Waals surface area (Å²) in [6.45, 7) is 6.52. The Morgan fingerprint density at radius 2 is 1.93 bits per heavy atom. The van der Waals surface area contributed by atoms with Crippen molar-refractivity contribution in [2.75, 3.05) is 13.4 Å². The summed E-state index contributed by atoms with van der Waals surface area (Å²) in [5.41, 5.74) is 0.755. The van der Waals surface area contributed by atoms with Crippen molar-refractivity contribution in [3.05, 3.63) is 22.2 Å². The lowest BCUT2D eigenvalue weighted by atomic mass is 9.86. The van der Waals surface area contributed by atoms with Gasteiger partial charge in [0.05, 0.1) is 12.6 Å². The van der Waals surface area contributed by atoms with E-state index in [2.05, 4.69) is 40.4 Å². The molecule has 1 saturated heterocycles. The maximum Gasteiger partial charge on any atom is 0.315 e. The van der Waals surface area contributed by atoms with Gasteiger partial charge in [0.15, 0.2) is 11.5 Å². The molecule has 0 aromatic heterocycles. The molecule has 2 aliphatic rings. The van der Waals surface area contributed by atoms with Crippen LogP contribution in [0.3, 0.4) is 0 Å². The van der Waals surface area contributed by atoms with Gasteiger partial charge in [-0.15, -0.1) is 0 Å². The van der Waals surface area contributed by atoms with Crippen LogP contribution in [0.4, 0.5) is 4.79 Å². The Balaban J connectivity index is 1.86. The number of nitrogens with one attached hydrogen (secondary N) is 2. The number of carbonyl (C=O) groups excluding carboxylic acids is 2. The van der Waals surface area contributed by atoms with Gasteiger partial charge in [0.2, 0.25) is 6.79 Å². The zero-order valence-corrected chi connectivity index (χ0v) is 17.3. The quantitative estimate of drug-likeness (QED) is 0.660. The molecule has 2 aliphatic heterocycles. The van der Waals surface area contributed by atoms with Crippen LogP contribution in [0.1, 0.15) is 45.2 Å². The summed E-state index contributed by atoms with van der Waals surface area (Å²) >= 11 is 3.53. The largest absolute Gasteiger partial charge is 0.465 e. The van der Waals surface area contributed by atoms with Crippen molar-refractivity contribution < 1.29 is 23.8 Å². The summed E-state index contributed by atoms with van der Waals surface area (Å²) in [6.07, 6.45) is 1.91. The zero-order chi connectivity index (χ0) is 19.6. The Hall–Kier alpha value is -1.96. The maximum absolute atomic E-state index is 12.9. The van der Waals surface area contributed by atoms with E-state index >= 15 is 0 Å². The number of halogens is 1. The lowest BCUT2D eigenvalue weighted by molar-refractivity contribution is -0.152. The van der Waals surface area contributed by atoms with Crippen LogP contribution in [-0.4, -0.2) is 31.4 Å². The summed E-state index contributed by atoms with van der Waals surface area (Å²) < 4.78 is 17.2. The third-order valence-electron chi connectivity index (χ3n) is 5.26. The van der Waals surface area contributed by atoms with Crippen molar-refractivity contribution in [3.63, 3.8) is 0 Å². The van der Waals surface area contributed by atoms with Crippen LogP contribution in [0.25, 0.3) is 0 Å². The lowest BCUT2D eigenvalue weighted by Gasteiger charge is -2.37. The second-order valence-electron chi connectivity index (χ2n) is 6.95. The van der Waals surface area contributed by atoms with Gasteiger partial charge < -0.3 is 24.8 Å². The third-order valence-corrected chi connectivity index (χ3v) is 5.95. The van der Waals surface area contributed by atoms with Crippen molar-refractivity contribution >= 4 is 27.9 Å². The molecule has 3 unspecified atom stereocenters. The molecule has 2 N–H and O–H groups in total. The van der Waals surface area contributed by atoms with E-state index in [1.807, 2.05) is 6.92 Å². The fourth-order valence-electron chi connectivity index (χ4n) is 3.46. The number of ether oxygens (including phenoxy) is 3. The molecule has 2 amide bonds. The SMILES string of the molecule is CCC(CC)COC(=O)C1C(C)NC(=O)NC1c1cc2c(cc1Br)OCO2. The van der Waals surface area contributed by atoms with Gasteiger partial charge in [-0.1, -0.05) is 42.6 Å². The minimum absolute atomic E-state index is 0.154. The molecule has 2 heterocycles. The molecule has 0 radical (unpaired) electrons. The van der Waals surface area contributed by atoms with E-state index in [1.54, 1.807) is 12.1 Å². The molecule has 3 atom stereocenters. The molecule has 1 aromatic carbocycles. The molecule has 1 fully saturated rings. The Kier molecular flexibility index (Phi) is 6.14. The number of carbonyl (C=O) groups is 2. The number of hydrogen-bond acceptors (Lipinski definition) is 5. The standard InChI is InChI=1S/C19H25BrN2O5/c1-4-11(5-2)8-25-18(23)16-10(3)21-19(24)22-17(16)12-6-14-15(7-13(12)20)27-9-26-14/h6-7,10-11,16-17H,4-5,8-9H2,1-3H3,(H2,21,22,24).